The van der Waals surface area contributed by atoms with Crippen molar-refractivity contribution in [3.63, 3.8) is 0 Å². The molecule has 2 N–H and O–H groups in total. The summed E-state index contributed by atoms with van der Waals surface area (Å²) in [5.74, 6) is 1.33. The molecule has 0 atom stereocenters. The Bertz CT molecular complexity index is 908. The molecule has 6 nitrogen and oxygen atoms in total. The third-order valence-corrected chi connectivity index (χ3v) is 4.30. The molecule has 0 unspecified atom stereocenters. The van der Waals surface area contributed by atoms with Crippen LogP contribution in [0.25, 0.3) is 11.5 Å². The van der Waals surface area contributed by atoms with E-state index in [4.69, 9.17) is 9.15 Å². The van der Waals surface area contributed by atoms with Crippen molar-refractivity contribution >= 4 is 29.9 Å². The van der Waals surface area contributed by atoms with Crippen LogP contribution in [0.3, 0.4) is 0 Å². The van der Waals surface area contributed by atoms with E-state index in [-0.39, 0.29) is 30.1 Å². The molecule has 0 saturated heterocycles. The minimum atomic E-state index is 0. The van der Waals surface area contributed by atoms with Gasteiger partial charge in [-0.25, -0.2) is 4.98 Å². The Kier molecular flexibility index (Phi) is 9.82. The number of oxazole rings is 1. The molecule has 0 aliphatic carbocycles. The fourth-order valence-corrected chi connectivity index (χ4v) is 2.70. The number of aliphatic imine (C=N–C) groups is 1. The molecule has 0 bridgehead atoms. The summed E-state index contributed by atoms with van der Waals surface area (Å²) in [5.41, 5.74) is 4.13. The van der Waals surface area contributed by atoms with Crippen LogP contribution in [-0.4, -0.2) is 24.1 Å². The van der Waals surface area contributed by atoms with Crippen LogP contribution in [0, 0.1) is 0 Å². The van der Waals surface area contributed by atoms with Crippen LogP contribution in [0.1, 0.15) is 30.7 Å². The maximum Gasteiger partial charge on any atom is 0.226 e. The first-order valence-electron chi connectivity index (χ1n) is 9.78. The summed E-state index contributed by atoms with van der Waals surface area (Å²) >= 11 is 0. The Hall–Kier alpha value is -2.39. The van der Waals surface area contributed by atoms with E-state index in [0.717, 1.165) is 11.3 Å². The average Bonchev–Trinajstić information content (AvgIpc) is 3.23. The van der Waals surface area contributed by atoms with Gasteiger partial charge in [0, 0.05) is 19.2 Å². The maximum absolute atomic E-state index is 5.63. The highest BCUT2D eigenvalue weighted by Gasteiger charge is 2.07. The second-order valence-corrected chi connectivity index (χ2v) is 6.97. The fourth-order valence-electron chi connectivity index (χ4n) is 2.70. The number of guanidine groups is 1. The molecule has 160 valence electrons. The van der Waals surface area contributed by atoms with Crippen molar-refractivity contribution in [3.05, 3.63) is 77.7 Å². The van der Waals surface area contributed by atoms with Crippen molar-refractivity contribution in [1.29, 1.82) is 0 Å². The number of ether oxygens (including phenoxy) is 1. The van der Waals surface area contributed by atoms with Gasteiger partial charge in [-0.3, -0.25) is 4.99 Å². The van der Waals surface area contributed by atoms with E-state index >= 15 is 0 Å². The van der Waals surface area contributed by atoms with Gasteiger partial charge in [0.25, 0.3) is 0 Å². The standard InChI is InChI=1S/C23H28N4O2.HI/c1-17(2)28-15-19-11-9-18(10-12-19)13-25-23(24-3)26-14-21-16-29-22(27-21)20-7-5-4-6-8-20;/h4-12,16-17H,13-15H2,1-3H3,(H2,24,25,26);1H. The van der Waals surface area contributed by atoms with Gasteiger partial charge in [-0.15, -0.1) is 24.0 Å². The molecule has 1 heterocycles. The quantitative estimate of drug-likeness (QED) is 0.255. The normalized spacial score (nSPS) is 11.3. The van der Waals surface area contributed by atoms with Crippen molar-refractivity contribution in [2.45, 2.75) is 39.6 Å². The number of nitrogens with one attached hydrogen (secondary N) is 2. The number of aromatic nitrogens is 1. The summed E-state index contributed by atoms with van der Waals surface area (Å²) in [6, 6.07) is 18.2. The Morgan fingerprint density at radius 1 is 1.00 bits per heavy atom. The van der Waals surface area contributed by atoms with Crippen LogP contribution in [0.5, 0.6) is 0 Å². The van der Waals surface area contributed by atoms with Gasteiger partial charge in [-0.2, -0.15) is 0 Å². The highest BCUT2D eigenvalue weighted by atomic mass is 127. The van der Waals surface area contributed by atoms with Crippen LogP contribution in [-0.2, 0) is 24.4 Å². The molecule has 30 heavy (non-hydrogen) atoms. The van der Waals surface area contributed by atoms with Crippen molar-refractivity contribution in [2.75, 3.05) is 7.05 Å². The highest BCUT2D eigenvalue weighted by Crippen LogP contribution is 2.17. The lowest BCUT2D eigenvalue weighted by molar-refractivity contribution is 0.0657. The number of benzene rings is 2. The van der Waals surface area contributed by atoms with Gasteiger partial charge < -0.3 is 19.8 Å². The number of hydrogen-bond acceptors (Lipinski definition) is 4. The Morgan fingerprint density at radius 2 is 1.67 bits per heavy atom. The third-order valence-electron chi connectivity index (χ3n) is 4.30. The van der Waals surface area contributed by atoms with Gasteiger partial charge in [-0.1, -0.05) is 42.5 Å². The molecule has 0 spiro atoms. The van der Waals surface area contributed by atoms with Crippen LogP contribution < -0.4 is 10.6 Å². The number of halogens is 1. The van der Waals surface area contributed by atoms with Crippen molar-refractivity contribution in [3.8, 4) is 11.5 Å². The molecule has 2 aromatic carbocycles. The Morgan fingerprint density at radius 3 is 2.33 bits per heavy atom. The van der Waals surface area contributed by atoms with Gasteiger partial charge in [0.05, 0.1) is 24.9 Å². The van der Waals surface area contributed by atoms with E-state index in [1.54, 1.807) is 13.3 Å². The molecule has 1 aromatic heterocycles. The van der Waals surface area contributed by atoms with Crippen LogP contribution >= 0.6 is 24.0 Å². The maximum atomic E-state index is 5.63. The number of hydrogen-bond donors (Lipinski definition) is 2. The van der Waals surface area contributed by atoms with Crippen LogP contribution in [0.4, 0.5) is 0 Å². The largest absolute Gasteiger partial charge is 0.444 e. The zero-order chi connectivity index (χ0) is 20.5. The monoisotopic (exact) mass is 520 g/mol. The first kappa shape index (κ1) is 23.9. The highest BCUT2D eigenvalue weighted by molar-refractivity contribution is 14.0. The fraction of sp³-hybridized carbons (Fsp3) is 0.304. The number of rotatable bonds is 8. The predicted molar refractivity (Wildman–Crippen MR) is 131 cm³/mol. The molecule has 0 aliphatic rings. The van der Waals surface area contributed by atoms with Crippen LogP contribution in [0.15, 0.2) is 70.3 Å². The van der Waals surface area contributed by atoms with Gasteiger partial charge in [0.2, 0.25) is 5.89 Å². The van der Waals surface area contributed by atoms with E-state index in [1.165, 1.54) is 11.1 Å². The second-order valence-electron chi connectivity index (χ2n) is 6.97. The topological polar surface area (TPSA) is 71.7 Å². The molecule has 3 aromatic rings. The van der Waals surface area contributed by atoms with Gasteiger partial charge in [0.1, 0.15) is 6.26 Å². The van der Waals surface area contributed by atoms with Crippen LogP contribution in [0.2, 0.25) is 0 Å². The SMILES string of the molecule is CN=C(NCc1ccc(COC(C)C)cc1)NCc1coc(-c2ccccc2)n1.I. The predicted octanol–water partition coefficient (Wildman–Crippen LogP) is 4.75. The Balaban J connectivity index is 0.00000320. The lowest BCUT2D eigenvalue weighted by Gasteiger charge is -2.12. The zero-order valence-corrected chi connectivity index (χ0v) is 19.9. The van der Waals surface area contributed by atoms with E-state index in [2.05, 4.69) is 44.9 Å². The summed E-state index contributed by atoms with van der Waals surface area (Å²) in [7, 11) is 1.75. The lowest BCUT2D eigenvalue weighted by Crippen LogP contribution is -2.36. The lowest BCUT2D eigenvalue weighted by atomic mass is 10.1. The van der Waals surface area contributed by atoms with E-state index in [1.807, 2.05) is 44.2 Å². The van der Waals surface area contributed by atoms with Crippen molar-refractivity contribution in [2.24, 2.45) is 4.99 Å². The van der Waals surface area contributed by atoms with Gasteiger partial charge in [-0.05, 0) is 37.1 Å². The molecule has 0 aliphatic heterocycles. The number of nitrogens with zero attached hydrogens (tertiary/aromatic N) is 2. The van der Waals surface area contributed by atoms with Crippen molar-refractivity contribution in [1.82, 2.24) is 15.6 Å². The van der Waals surface area contributed by atoms with E-state index < -0.39 is 0 Å². The van der Waals surface area contributed by atoms with Gasteiger partial charge in [0.15, 0.2) is 5.96 Å². The minimum absolute atomic E-state index is 0. The summed E-state index contributed by atoms with van der Waals surface area (Å²) in [6.07, 6.45) is 1.90. The summed E-state index contributed by atoms with van der Waals surface area (Å²) < 4.78 is 11.2. The Labute approximate surface area is 195 Å². The van der Waals surface area contributed by atoms with Gasteiger partial charge >= 0.3 is 0 Å². The smallest absolute Gasteiger partial charge is 0.226 e. The molecular formula is C23H29IN4O2. The molecule has 3 rings (SSSR count). The summed E-state index contributed by atoms with van der Waals surface area (Å²) in [6.45, 7) is 5.93. The molecule has 0 amide bonds. The first-order chi connectivity index (χ1) is 14.1. The van der Waals surface area contributed by atoms with Crippen molar-refractivity contribution < 1.29 is 9.15 Å². The first-order valence-corrected chi connectivity index (χ1v) is 9.78. The van der Waals surface area contributed by atoms with E-state index in [0.29, 0.717) is 31.5 Å². The average molecular weight is 520 g/mol. The molecule has 0 saturated carbocycles. The second kappa shape index (κ2) is 12.3. The summed E-state index contributed by atoms with van der Waals surface area (Å²) in [5, 5.41) is 6.57. The molecule has 7 heteroatoms. The molecule has 0 radical (unpaired) electrons. The summed E-state index contributed by atoms with van der Waals surface area (Å²) in [4.78, 5) is 8.79. The minimum Gasteiger partial charge on any atom is -0.444 e. The zero-order valence-electron chi connectivity index (χ0n) is 17.6. The third kappa shape index (κ3) is 7.46. The molecular weight excluding hydrogens is 491 g/mol. The molecule has 0 fully saturated rings. The van der Waals surface area contributed by atoms with E-state index in [9.17, 15) is 0 Å².